The normalized spacial score (nSPS) is 16.5. The van der Waals surface area contributed by atoms with Crippen molar-refractivity contribution in [2.45, 2.75) is 192 Å². The monoisotopic (exact) mass is 1320 g/mol. The zero-order valence-electron chi connectivity index (χ0n) is 53.8. The van der Waals surface area contributed by atoms with Crippen molar-refractivity contribution in [3.8, 4) is 5.75 Å². The van der Waals surface area contributed by atoms with Gasteiger partial charge in [-0.1, -0.05) is 73.9 Å². The summed E-state index contributed by atoms with van der Waals surface area (Å²) in [7, 11) is 0. The van der Waals surface area contributed by atoms with Gasteiger partial charge in [0.15, 0.2) is 5.96 Å². The van der Waals surface area contributed by atoms with Crippen molar-refractivity contribution in [3.05, 3.63) is 29.8 Å². The van der Waals surface area contributed by atoms with Crippen LogP contribution in [-0.4, -0.2) is 206 Å². The van der Waals surface area contributed by atoms with E-state index in [1.807, 2.05) is 13.8 Å². The van der Waals surface area contributed by atoms with Gasteiger partial charge in [0.1, 0.15) is 66.2 Å². The number of carboxylic acids is 2. The van der Waals surface area contributed by atoms with Gasteiger partial charge in [-0.2, -0.15) is 11.8 Å². The lowest BCUT2D eigenvalue weighted by molar-refractivity contribution is -0.144. The van der Waals surface area contributed by atoms with E-state index in [9.17, 15) is 82.8 Å². The van der Waals surface area contributed by atoms with Crippen LogP contribution in [0.15, 0.2) is 29.3 Å². The first-order valence-electron chi connectivity index (χ1n) is 30.6. The summed E-state index contributed by atoms with van der Waals surface area (Å²) in [6.07, 6.45) is 0.629. The maximum atomic E-state index is 14.4. The Morgan fingerprint density at radius 1 is 0.620 bits per heavy atom. The van der Waals surface area contributed by atoms with Crippen molar-refractivity contribution in [3.63, 3.8) is 0 Å². The third-order valence-corrected chi connectivity index (χ3v) is 15.6. The van der Waals surface area contributed by atoms with E-state index in [1.165, 1.54) is 40.9 Å². The molecule has 1 heterocycles. The predicted molar refractivity (Wildman–Crippen MR) is 339 cm³/mol. The number of phenolic OH excluding ortho intramolecular Hbond substituents is 1. The van der Waals surface area contributed by atoms with E-state index in [4.69, 9.17) is 22.9 Å². The first-order valence-corrected chi connectivity index (χ1v) is 32.0. The molecular formula is C59H97N15O17S. The molecule has 1 aliphatic rings. The summed E-state index contributed by atoms with van der Waals surface area (Å²) < 4.78 is 0. The van der Waals surface area contributed by atoms with Crippen LogP contribution in [0.2, 0.25) is 0 Å². The highest BCUT2D eigenvalue weighted by atomic mass is 32.2. The zero-order valence-corrected chi connectivity index (χ0v) is 54.6. The molecule has 1 fully saturated rings. The van der Waals surface area contributed by atoms with Gasteiger partial charge in [-0.3, -0.25) is 62.5 Å². The Morgan fingerprint density at radius 3 is 1.67 bits per heavy atom. The molecule has 0 aliphatic carbocycles. The van der Waals surface area contributed by atoms with Gasteiger partial charge in [0.2, 0.25) is 65.0 Å². The van der Waals surface area contributed by atoms with Gasteiger partial charge in [-0.05, 0) is 98.3 Å². The van der Waals surface area contributed by atoms with Crippen molar-refractivity contribution in [1.29, 1.82) is 0 Å². The number of likely N-dealkylation sites (tertiary alicyclic amines) is 1. The second-order valence-corrected chi connectivity index (χ2v) is 25.0. The molecule has 1 saturated heterocycles. The number of aliphatic hydroxyl groups excluding tert-OH is 1. The molecule has 21 N–H and O–H groups in total. The summed E-state index contributed by atoms with van der Waals surface area (Å²) in [5, 5.41) is 62.6. The van der Waals surface area contributed by atoms with E-state index in [-0.39, 0.29) is 87.3 Å². The number of carbonyl (C=O) groups excluding carboxylic acids is 11. The van der Waals surface area contributed by atoms with Gasteiger partial charge in [-0.25, -0.2) is 4.79 Å². The van der Waals surface area contributed by atoms with E-state index in [2.05, 4.69) is 52.8 Å². The molecule has 516 valence electrons. The number of hydrogen-bond donors (Lipinski definition) is 17. The number of rotatable bonds is 41. The molecule has 2 rings (SSSR count). The Kier molecular flexibility index (Phi) is 34.5. The molecule has 0 spiro atoms. The minimum absolute atomic E-state index is 0.0345. The van der Waals surface area contributed by atoms with Gasteiger partial charge in [0.25, 0.3) is 0 Å². The Bertz CT molecular complexity index is 2730. The zero-order chi connectivity index (χ0) is 69.7. The Balaban J connectivity index is 2.44. The van der Waals surface area contributed by atoms with Gasteiger partial charge < -0.3 is 96.1 Å². The van der Waals surface area contributed by atoms with Crippen LogP contribution in [0, 0.1) is 23.7 Å². The molecule has 0 bridgehead atoms. The number of hydrogen-bond acceptors (Lipinski definition) is 18. The lowest BCUT2D eigenvalue weighted by atomic mass is 9.96. The first-order chi connectivity index (χ1) is 43.1. The van der Waals surface area contributed by atoms with Crippen molar-refractivity contribution < 1.29 is 82.8 Å². The number of primary amides is 1. The van der Waals surface area contributed by atoms with Gasteiger partial charge in [0, 0.05) is 19.5 Å². The fourth-order valence-electron chi connectivity index (χ4n) is 9.77. The van der Waals surface area contributed by atoms with Crippen LogP contribution in [-0.2, 0) is 68.7 Å². The second kappa shape index (κ2) is 39.8. The topological polar surface area (TPSA) is 531 Å². The van der Waals surface area contributed by atoms with Crippen LogP contribution in [0.3, 0.4) is 0 Å². The molecule has 0 saturated carbocycles. The number of carbonyl (C=O) groups is 13. The number of nitrogens with zero attached hydrogens (tertiary/aromatic N) is 2. The number of aliphatic carboxylic acids is 2. The minimum Gasteiger partial charge on any atom is -0.508 e. The highest BCUT2D eigenvalue weighted by molar-refractivity contribution is 7.98. The third kappa shape index (κ3) is 27.6. The number of thioether (sulfide) groups is 1. The first kappa shape index (κ1) is 79.8. The number of aromatic hydroxyl groups is 1. The summed E-state index contributed by atoms with van der Waals surface area (Å²) in [5.41, 5.74) is 22.6. The molecule has 1 aromatic rings. The maximum absolute atomic E-state index is 14.4. The van der Waals surface area contributed by atoms with Gasteiger partial charge in [-0.15, -0.1) is 0 Å². The molecule has 11 amide bonds. The predicted octanol–water partition coefficient (Wildman–Crippen LogP) is -3.36. The molecule has 0 unspecified atom stereocenters. The summed E-state index contributed by atoms with van der Waals surface area (Å²) in [6, 6.07) is -10.8. The van der Waals surface area contributed by atoms with Gasteiger partial charge in [0.05, 0.1) is 25.5 Å². The fraction of sp³-hybridized carbons (Fsp3) is 0.661. The van der Waals surface area contributed by atoms with Crippen LogP contribution in [0.25, 0.3) is 0 Å². The molecule has 1 aromatic carbocycles. The van der Waals surface area contributed by atoms with E-state index in [0.29, 0.717) is 18.4 Å². The summed E-state index contributed by atoms with van der Waals surface area (Å²) in [5.74, 6) is -15.0. The largest absolute Gasteiger partial charge is 0.508 e. The van der Waals surface area contributed by atoms with E-state index < -0.39 is 175 Å². The molecule has 92 heavy (non-hydrogen) atoms. The number of nitrogens with one attached hydrogen (secondary N) is 9. The van der Waals surface area contributed by atoms with Crippen molar-refractivity contribution in [1.82, 2.24) is 52.8 Å². The molecule has 32 nitrogen and oxygen atoms in total. The van der Waals surface area contributed by atoms with Crippen LogP contribution in [0.4, 0.5) is 0 Å². The molecule has 12 atom stereocenters. The second-order valence-electron chi connectivity index (χ2n) is 24.0. The highest BCUT2D eigenvalue weighted by Crippen LogP contribution is 2.22. The van der Waals surface area contributed by atoms with Crippen molar-refractivity contribution in [2.75, 3.05) is 31.7 Å². The fourth-order valence-corrected chi connectivity index (χ4v) is 10.2. The molecular weight excluding hydrogens is 1220 g/mol. The average molecular weight is 1320 g/mol. The number of guanidine groups is 1. The lowest BCUT2D eigenvalue weighted by Crippen LogP contribution is -2.62. The maximum Gasteiger partial charge on any atom is 0.326 e. The van der Waals surface area contributed by atoms with E-state index in [0.717, 1.165) is 0 Å². The van der Waals surface area contributed by atoms with Gasteiger partial charge >= 0.3 is 11.9 Å². The van der Waals surface area contributed by atoms with E-state index >= 15 is 0 Å². The number of carboxylic acid groups (broad SMARTS) is 2. The SMILES string of the molecule is CC[C@H](C)[C@H](NC(=O)[C@H](CC(N)=O)NC(=O)[C@@H](NC(=O)[C@@H](N)CC(C)C)C(C)C)C(=O)N[C@@H](Cc1ccc(O)cc1)C(=O)N[C@@H](CC(=O)O)C(=O)N[C@@H](CO)C(=O)N[C@@H](CCSC)C(=O)N1CCC[C@H]1C(=O)N[C@@H](CC(C)C)C(=O)N[C@@H](CCCN=C(N)N)C(=O)O. The highest BCUT2D eigenvalue weighted by Gasteiger charge is 2.41. The number of amides is 11. The smallest absolute Gasteiger partial charge is 0.326 e. The van der Waals surface area contributed by atoms with Crippen LogP contribution >= 0.6 is 11.8 Å². The Labute approximate surface area is 539 Å². The number of benzene rings is 1. The van der Waals surface area contributed by atoms with Crippen molar-refractivity contribution >= 4 is 94.6 Å². The Morgan fingerprint density at radius 2 is 1.13 bits per heavy atom. The molecule has 0 aromatic heterocycles. The van der Waals surface area contributed by atoms with Crippen molar-refractivity contribution in [2.24, 2.45) is 51.6 Å². The summed E-state index contributed by atoms with van der Waals surface area (Å²) in [4.78, 5) is 181. The minimum atomic E-state index is -2.03. The molecule has 0 radical (unpaired) electrons. The number of aliphatic hydroxyl groups is 1. The number of phenols is 1. The number of nitrogens with two attached hydrogens (primary N) is 4. The van der Waals surface area contributed by atoms with Crippen LogP contribution in [0.1, 0.15) is 125 Å². The summed E-state index contributed by atoms with van der Waals surface area (Å²) >= 11 is 1.30. The third-order valence-electron chi connectivity index (χ3n) is 14.9. The molecule has 33 heteroatoms. The van der Waals surface area contributed by atoms with E-state index in [1.54, 1.807) is 47.8 Å². The molecule has 1 aliphatic heterocycles. The van der Waals surface area contributed by atoms with Crippen LogP contribution < -0.4 is 70.8 Å². The average Bonchev–Trinajstić information content (AvgIpc) is 1.57. The van der Waals surface area contributed by atoms with Crippen LogP contribution in [0.5, 0.6) is 5.75 Å². The lowest BCUT2D eigenvalue weighted by Gasteiger charge is -2.31. The summed E-state index contributed by atoms with van der Waals surface area (Å²) in [6.45, 7) is 12.7. The number of aliphatic imine (C=N–C) groups is 1. The Hall–Kier alpha value is -8.33. The quantitative estimate of drug-likeness (QED) is 0.0173. The standard InChI is InChI=1S/C59H97N15O17S/c1-10-32(8)47(73-52(84)40(26-44(61)77)70-55(87)46(31(6)7)72-48(80)35(60)23-29(2)3)56(88)69-39(25-33-15-17-34(76)18-16-33)50(82)67-41(27-45(78)79)51(83)71-42(28-75)53(85)65-36(19-22-92-9)57(89)74-21-12-14-43(74)54(86)68-38(24-30(4)5)49(81)66-37(58(90)91)13-11-20-64-59(62)63/h15-18,29-32,35-43,46-47,75-76H,10-14,19-28,60H2,1-9H3,(H2,61,77)(H,65,85)(H,66,81)(H,67,82)(H,68,86)(H,69,88)(H,70,87)(H,71,83)(H,72,80)(H,73,84)(H,78,79)(H,90,91)(H4,62,63,64)/t32-,35-,36-,37-,38-,39-,40-,41-,42-,43-,46-,47-/m0/s1.